The largest absolute Gasteiger partial charge is 0.417 e. The average molecular weight is 471 g/mol. The van der Waals surface area contributed by atoms with Gasteiger partial charge in [-0.1, -0.05) is 29.1 Å². The van der Waals surface area contributed by atoms with E-state index in [-0.39, 0.29) is 11.5 Å². The van der Waals surface area contributed by atoms with Crippen molar-refractivity contribution in [3.8, 4) is 6.07 Å². The van der Waals surface area contributed by atoms with Crippen LogP contribution in [0.5, 0.6) is 0 Å². The third-order valence-corrected chi connectivity index (χ3v) is 4.32. The Morgan fingerprint density at radius 1 is 1.45 bits per heavy atom. The summed E-state index contributed by atoms with van der Waals surface area (Å²) in [7, 11) is 1.82. The van der Waals surface area contributed by atoms with E-state index in [1.54, 1.807) is 6.07 Å². The number of aromatic nitrogens is 1. The molecule has 0 saturated carbocycles. The molecule has 1 N–H and O–H groups in total. The van der Waals surface area contributed by atoms with Crippen LogP contribution in [-0.4, -0.2) is 30.9 Å². The smallest absolute Gasteiger partial charge is 0.389 e. The van der Waals surface area contributed by atoms with Gasteiger partial charge in [0.25, 0.3) is 0 Å². The van der Waals surface area contributed by atoms with E-state index in [1.165, 1.54) is 11.8 Å². The molecule has 0 bridgehead atoms. The highest BCUT2D eigenvalue weighted by Crippen LogP contribution is 2.37. The third-order valence-electron chi connectivity index (χ3n) is 4.06. The van der Waals surface area contributed by atoms with Crippen LogP contribution in [0.15, 0.2) is 41.6 Å². The highest BCUT2D eigenvalue weighted by molar-refractivity contribution is 9.11. The van der Waals surface area contributed by atoms with Crippen LogP contribution in [0.1, 0.15) is 29.7 Å². The van der Waals surface area contributed by atoms with Gasteiger partial charge >= 0.3 is 6.18 Å². The molecule has 0 amide bonds. The van der Waals surface area contributed by atoms with Gasteiger partial charge < -0.3 is 15.0 Å². The van der Waals surface area contributed by atoms with Gasteiger partial charge in [-0.25, -0.2) is 4.98 Å². The van der Waals surface area contributed by atoms with Crippen LogP contribution in [0.2, 0.25) is 0 Å². The van der Waals surface area contributed by atoms with Crippen molar-refractivity contribution < 1.29 is 18.0 Å². The van der Waals surface area contributed by atoms with Crippen LogP contribution in [0.3, 0.4) is 0 Å². The summed E-state index contributed by atoms with van der Waals surface area (Å²) in [6.07, 6.45) is 0.988. The van der Waals surface area contributed by atoms with Gasteiger partial charge in [-0.05, 0) is 38.0 Å². The number of allylic oxidation sites excluding steroid dienone is 3. The number of alkyl halides is 3. The van der Waals surface area contributed by atoms with Gasteiger partial charge in [0.15, 0.2) is 0 Å². The van der Waals surface area contributed by atoms with Crippen LogP contribution in [0.25, 0.3) is 0 Å². The molecule has 0 aromatic carbocycles. The Bertz CT molecular complexity index is 843. The molecule has 1 saturated heterocycles. The van der Waals surface area contributed by atoms with Crippen LogP contribution < -0.4 is 10.2 Å². The lowest BCUT2D eigenvalue weighted by Gasteiger charge is -2.24. The predicted molar refractivity (Wildman–Crippen MR) is 111 cm³/mol. The fourth-order valence-corrected chi connectivity index (χ4v) is 2.80. The Morgan fingerprint density at radius 2 is 2.10 bits per heavy atom. The fourth-order valence-electron chi connectivity index (χ4n) is 2.67. The summed E-state index contributed by atoms with van der Waals surface area (Å²) in [5.74, 6) is -0.0468. The molecule has 1 fully saturated rings. The van der Waals surface area contributed by atoms with Crippen molar-refractivity contribution >= 4 is 28.0 Å². The number of hydrogen-bond acceptors (Lipinski definition) is 5. The second-order valence-electron chi connectivity index (χ2n) is 6.21. The molecular weight excluding hydrogens is 449 g/mol. The van der Waals surface area contributed by atoms with Gasteiger partial charge in [0.1, 0.15) is 23.7 Å². The molecule has 1 aliphatic rings. The second kappa shape index (κ2) is 10.8. The number of likely N-dealkylation sites (N-methyl/N-ethyl adjacent to an activating group) is 1. The van der Waals surface area contributed by atoms with E-state index >= 15 is 0 Å². The summed E-state index contributed by atoms with van der Waals surface area (Å²) in [5, 5.41) is 11.9. The molecular formula is C20H22BrF3N4O. The Hall–Kier alpha value is -2.60. The first-order chi connectivity index (χ1) is 13.5. The third kappa shape index (κ3) is 7.06. The lowest BCUT2D eigenvalue weighted by molar-refractivity contribution is -0.137. The Morgan fingerprint density at radius 3 is 2.59 bits per heavy atom. The molecule has 1 aromatic rings. The van der Waals surface area contributed by atoms with Crippen molar-refractivity contribution in [2.24, 2.45) is 0 Å². The Labute approximate surface area is 176 Å². The van der Waals surface area contributed by atoms with Crippen molar-refractivity contribution in [2.75, 3.05) is 18.5 Å². The fraction of sp³-hybridized carbons (Fsp3) is 0.350. The first-order valence-electron chi connectivity index (χ1n) is 8.65. The van der Waals surface area contributed by atoms with Gasteiger partial charge in [-0.3, -0.25) is 0 Å². The van der Waals surface area contributed by atoms with Crippen LogP contribution in [-0.2, 0) is 11.0 Å². The first kappa shape index (κ1) is 24.4. The summed E-state index contributed by atoms with van der Waals surface area (Å²) >= 11 is 3.18. The molecule has 2 rings (SSSR count). The number of halogens is 4. The molecule has 9 heteroatoms. The molecule has 0 spiro atoms. The molecule has 29 heavy (non-hydrogen) atoms. The zero-order valence-corrected chi connectivity index (χ0v) is 17.8. The first-order valence-corrected chi connectivity index (χ1v) is 9.44. The van der Waals surface area contributed by atoms with Crippen LogP contribution in [0.4, 0.5) is 19.0 Å². The van der Waals surface area contributed by atoms with Crippen molar-refractivity contribution in [2.45, 2.75) is 32.0 Å². The summed E-state index contributed by atoms with van der Waals surface area (Å²) in [6, 6.07) is 1.92. The molecule has 1 atom stereocenters. The molecule has 5 nitrogen and oxygen atoms in total. The minimum Gasteiger partial charge on any atom is -0.389 e. The van der Waals surface area contributed by atoms with E-state index in [1.807, 2.05) is 19.2 Å². The lowest BCUT2D eigenvalue weighted by atomic mass is 10.1. The number of carbonyl (C=O) groups excluding carboxylic acids is 1. The number of rotatable bonds is 5. The van der Waals surface area contributed by atoms with Gasteiger partial charge in [0.05, 0.1) is 11.6 Å². The van der Waals surface area contributed by atoms with E-state index in [4.69, 9.17) is 5.26 Å². The quantitative estimate of drug-likeness (QED) is 0.501. The van der Waals surface area contributed by atoms with Crippen LogP contribution >= 0.6 is 15.9 Å². The summed E-state index contributed by atoms with van der Waals surface area (Å²) in [6.45, 7) is 9.17. The maximum atomic E-state index is 13.0. The molecule has 2 heterocycles. The van der Waals surface area contributed by atoms with Gasteiger partial charge in [0, 0.05) is 29.5 Å². The number of nitriles is 1. The number of aldehydes is 1. The topological polar surface area (TPSA) is 69.0 Å². The maximum Gasteiger partial charge on any atom is 0.417 e. The molecule has 1 aromatic heterocycles. The minimum atomic E-state index is -4.62. The number of aryl methyl sites for hydroxylation is 1. The van der Waals surface area contributed by atoms with E-state index in [0.29, 0.717) is 25.7 Å². The number of hydrogen-bond donors (Lipinski definition) is 1. The summed E-state index contributed by atoms with van der Waals surface area (Å²) in [5.41, 5.74) is -0.477. The normalized spacial score (nSPS) is 16.0. The van der Waals surface area contributed by atoms with Gasteiger partial charge in [-0.15, -0.1) is 0 Å². The average Bonchev–Trinajstić information content (AvgIpc) is 3.13. The SMILES string of the molecule is C=C(Br)/C=C\C(=C)NC.Cc1cc(C(F)(F)F)c(C#N)c(N2CCCC2C=O)n1. The van der Waals surface area contributed by atoms with Crippen molar-refractivity contribution in [1.82, 2.24) is 10.3 Å². The lowest BCUT2D eigenvalue weighted by Crippen LogP contribution is -2.32. The van der Waals surface area contributed by atoms with Gasteiger partial charge in [0.2, 0.25) is 0 Å². The number of pyridine rings is 1. The highest BCUT2D eigenvalue weighted by Gasteiger charge is 2.38. The monoisotopic (exact) mass is 470 g/mol. The van der Waals surface area contributed by atoms with E-state index in [0.717, 1.165) is 16.2 Å². The van der Waals surface area contributed by atoms with E-state index < -0.39 is 23.3 Å². The van der Waals surface area contributed by atoms with Gasteiger partial charge in [-0.2, -0.15) is 18.4 Å². The molecule has 0 radical (unpaired) electrons. The number of anilines is 1. The van der Waals surface area contributed by atoms with E-state index in [2.05, 4.69) is 39.4 Å². The minimum absolute atomic E-state index is 0.0468. The van der Waals surface area contributed by atoms with Crippen molar-refractivity contribution in [1.29, 1.82) is 5.26 Å². The predicted octanol–water partition coefficient (Wildman–Crippen LogP) is 4.63. The zero-order valence-electron chi connectivity index (χ0n) is 16.2. The number of nitrogens with one attached hydrogen (secondary N) is 1. The Kier molecular flexibility index (Phi) is 9.11. The Balaban J connectivity index is 0.000000396. The van der Waals surface area contributed by atoms with E-state index in [9.17, 15) is 18.0 Å². The summed E-state index contributed by atoms with van der Waals surface area (Å²) in [4.78, 5) is 16.5. The van der Waals surface area contributed by atoms with Crippen LogP contribution in [0, 0.1) is 18.3 Å². The maximum absolute atomic E-state index is 13.0. The summed E-state index contributed by atoms with van der Waals surface area (Å²) < 4.78 is 39.8. The highest BCUT2D eigenvalue weighted by atomic mass is 79.9. The van der Waals surface area contributed by atoms with Crippen molar-refractivity contribution in [3.63, 3.8) is 0 Å². The second-order valence-corrected chi connectivity index (χ2v) is 7.23. The zero-order chi connectivity index (χ0) is 22.2. The molecule has 0 aliphatic carbocycles. The number of carbonyl (C=O) groups is 1. The molecule has 156 valence electrons. The standard InChI is InChI=1S/C13H12F3N3O.C7H10BrN/c1-8-5-11(13(14,15)16)10(6-17)12(18-8)19-4-2-3-9(19)7-20;1-6(8)4-5-7(2)9-3/h5,7,9H,2-4H2,1H3;4-5,9H,1-2H2,3H3/b;5-4-. The molecule has 1 aliphatic heterocycles. The number of nitrogens with zero attached hydrogens (tertiary/aromatic N) is 3. The van der Waals surface area contributed by atoms with Crippen molar-refractivity contribution in [3.05, 3.63) is 58.4 Å². The molecule has 1 unspecified atom stereocenters.